The van der Waals surface area contributed by atoms with Gasteiger partial charge in [-0.25, -0.2) is 4.68 Å². The van der Waals surface area contributed by atoms with E-state index in [1.807, 2.05) is 16.8 Å². The van der Waals surface area contributed by atoms with Crippen molar-refractivity contribution in [2.75, 3.05) is 5.73 Å². The van der Waals surface area contributed by atoms with Gasteiger partial charge in [-0.05, 0) is 47.9 Å². The van der Waals surface area contributed by atoms with E-state index >= 15 is 0 Å². The van der Waals surface area contributed by atoms with Crippen molar-refractivity contribution in [2.24, 2.45) is 5.92 Å². The topological polar surface area (TPSA) is 69.6 Å². The molecule has 1 atom stereocenters. The van der Waals surface area contributed by atoms with Gasteiger partial charge in [-0.2, -0.15) is 0 Å². The van der Waals surface area contributed by atoms with E-state index in [9.17, 15) is 0 Å². The van der Waals surface area contributed by atoms with Crippen LogP contribution in [0.25, 0.3) is 11.4 Å². The van der Waals surface area contributed by atoms with Gasteiger partial charge in [-0.15, -0.1) is 5.10 Å². The first-order valence-electron chi connectivity index (χ1n) is 6.48. The lowest BCUT2D eigenvalue weighted by Crippen LogP contribution is -2.10. The first kappa shape index (κ1) is 12.4. The first-order valence-corrected chi connectivity index (χ1v) is 6.86. The van der Waals surface area contributed by atoms with Gasteiger partial charge in [0.25, 0.3) is 0 Å². The number of aromatic nitrogens is 4. The van der Waals surface area contributed by atoms with Crippen LogP contribution in [0.1, 0.15) is 32.2 Å². The summed E-state index contributed by atoms with van der Waals surface area (Å²) >= 11 is 5.94. The molecule has 0 bridgehead atoms. The standard InChI is InChI=1S/C13H16ClN5/c1-8(6-9-2-3-9)19-13(16-17-18-19)10-4-5-11(14)12(15)7-10/h4-5,7-9H,2-3,6,15H2,1H3. The highest BCUT2D eigenvalue weighted by atomic mass is 35.5. The number of nitrogens with zero attached hydrogens (tertiary/aromatic N) is 4. The second-order valence-electron chi connectivity index (χ2n) is 5.21. The van der Waals surface area contributed by atoms with Crippen LogP contribution in [-0.4, -0.2) is 20.2 Å². The van der Waals surface area contributed by atoms with Crippen molar-refractivity contribution < 1.29 is 0 Å². The van der Waals surface area contributed by atoms with Crippen LogP contribution in [0.5, 0.6) is 0 Å². The highest BCUT2D eigenvalue weighted by Gasteiger charge is 2.26. The Bertz CT molecular complexity index is 590. The predicted molar refractivity (Wildman–Crippen MR) is 74.7 cm³/mol. The summed E-state index contributed by atoms with van der Waals surface area (Å²) in [6, 6.07) is 5.78. The van der Waals surface area contributed by atoms with E-state index in [1.165, 1.54) is 12.8 Å². The molecule has 1 aliphatic carbocycles. The average Bonchev–Trinajstić information content (AvgIpc) is 3.06. The molecule has 5 nitrogen and oxygen atoms in total. The summed E-state index contributed by atoms with van der Waals surface area (Å²) < 4.78 is 1.88. The van der Waals surface area contributed by atoms with Crippen molar-refractivity contribution in [1.82, 2.24) is 20.2 Å². The van der Waals surface area contributed by atoms with Crippen molar-refractivity contribution in [2.45, 2.75) is 32.2 Å². The summed E-state index contributed by atoms with van der Waals surface area (Å²) in [5, 5.41) is 12.6. The van der Waals surface area contributed by atoms with E-state index in [0.717, 1.165) is 23.7 Å². The van der Waals surface area contributed by atoms with Gasteiger partial charge >= 0.3 is 0 Å². The third-order valence-electron chi connectivity index (χ3n) is 3.54. The van der Waals surface area contributed by atoms with Crippen molar-refractivity contribution in [3.8, 4) is 11.4 Å². The quantitative estimate of drug-likeness (QED) is 0.873. The lowest BCUT2D eigenvalue weighted by Gasteiger charge is -2.13. The number of anilines is 1. The van der Waals surface area contributed by atoms with Gasteiger partial charge in [0.15, 0.2) is 5.82 Å². The molecule has 1 heterocycles. The highest BCUT2D eigenvalue weighted by molar-refractivity contribution is 6.33. The Hall–Kier alpha value is -1.62. The molecule has 1 aromatic carbocycles. The zero-order valence-electron chi connectivity index (χ0n) is 10.8. The van der Waals surface area contributed by atoms with Crippen LogP contribution in [-0.2, 0) is 0 Å². The van der Waals surface area contributed by atoms with Gasteiger partial charge < -0.3 is 5.73 Å². The molecule has 0 radical (unpaired) electrons. The fourth-order valence-electron chi connectivity index (χ4n) is 2.30. The normalized spacial score (nSPS) is 16.5. The zero-order valence-corrected chi connectivity index (χ0v) is 11.5. The Kier molecular flexibility index (Phi) is 3.14. The second-order valence-corrected chi connectivity index (χ2v) is 5.62. The maximum atomic E-state index is 5.94. The van der Waals surface area contributed by atoms with Crippen LogP contribution in [0.3, 0.4) is 0 Å². The van der Waals surface area contributed by atoms with Crippen LogP contribution in [0.15, 0.2) is 18.2 Å². The summed E-state index contributed by atoms with van der Waals surface area (Å²) in [6.45, 7) is 2.15. The molecule has 100 valence electrons. The molecule has 2 aromatic rings. The Morgan fingerprint density at radius 1 is 1.47 bits per heavy atom. The number of halogens is 1. The molecule has 3 rings (SSSR count). The number of rotatable bonds is 4. The zero-order chi connectivity index (χ0) is 13.4. The third-order valence-corrected chi connectivity index (χ3v) is 3.88. The smallest absolute Gasteiger partial charge is 0.182 e. The highest BCUT2D eigenvalue weighted by Crippen LogP contribution is 2.37. The molecule has 19 heavy (non-hydrogen) atoms. The Balaban J connectivity index is 1.91. The van der Waals surface area contributed by atoms with Gasteiger partial charge in [0.05, 0.1) is 16.8 Å². The van der Waals surface area contributed by atoms with Crippen LogP contribution in [0.4, 0.5) is 5.69 Å². The number of tetrazole rings is 1. The average molecular weight is 278 g/mol. The van der Waals surface area contributed by atoms with Crippen LogP contribution in [0.2, 0.25) is 5.02 Å². The van der Waals surface area contributed by atoms with E-state index in [1.54, 1.807) is 6.07 Å². The second kappa shape index (κ2) is 4.81. The van der Waals surface area contributed by atoms with Crippen molar-refractivity contribution in [3.05, 3.63) is 23.2 Å². The Morgan fingerprint density at radius 2 is 2.26 bits per heavy atom. The van der Waals surface area contributed by atoms with E-state index in [2.05, 4.69) is 22.4 Å². The lowest BCUT2D eigenvalue weighted by molar-refractivity contribution is 0.430. The van der Waals surface area contributed by atoms with Gasteiger partial charge in [-0.3, -0.25) is 0 Å². The summed E-state index contributed by atoms with van der Waals surface area (Å²) in [4.78, 5) is 0. The van der Waals surface area contributed by atoms with E-state index in [4.69, 9.17) is 17.3 Å². The largest absolute Gasteiger partial charge is 0.398 e. The minimum Gasteiger partial charge on any atom is -0.398 e. The molecule has 0 aliphatic heterocycles. The maximum absolute atomic E-state index is 5.94. The van der Waals surface area contributed by atoms with Crippen LogP contribution < -0.4 is 5.73 Å². The number of nitrogens with two attached hydrogens (primary N) is 1. The summed E-state index contributed by atoms with van der Waals surface area (Å²) in [5.74, 6) is 1.58. The number of hydrogen-bond donors (Lipinski definition) is 1. The molecule has 1 aromatic heterocycles. The Labute approximate surface area is 116 Å². The fraction of sp³-hybridized carbons (Fsp3) is 0.462. The van der Waals surface area contributed by atoms with E-state index in [-0.39, 0.29) is 0 Å². The molecule has 1 fully saturated rings. The van der Waals surface area contributed by atoms with E-state index < -0.39 is 0 Å². The van der Waals surface area contributed by atoms with E-state index in [0.29, 0.717) is 16.8 Å². The molecule has 2 N–H and O–H groups in total. The number of hydrogen-bond acceptors (Lipinski definition) is 4. The monoisotopic (exact) mass is 277 g/mol. The van der Waals surface area contributed by atoms with Gasteiger partial charge in [0, 0.05) is 5.56 Å². The Morgan fingerprint density at radius 3 is 2.95 bits per heavy atom. The third kappa shape index (κ3) is 2.56. The maximum Gasteiger partial charge on any atom is 0.182 e. The minimum absolute atomic E-state index is 0.300. The van der Waals surface area contributed by atoms with Gasteiger partial charge in [0.2, 0.25) is 0 Å². The molecule has 1 aliphatic rings. The first-order chi connectivity index (χ1) is 9.15. The fourth-order valence-corrected chi connectivity index (χ4v) is 2.42. The van der Waals surface area contributed by atoms with Gasteiger partial charge in [-0.1, -0.05) is 24.4 Å². The lowest BCUT2D eigenvalue weighted by atomic mass is 10.1. The van der Waals surface area contributed by atoms with Crippen LogP contribution in [0, 0.1) is 5.92 Å². The molecule has 1 unspecified atom stereocenters. The predicted octanol–water partition coefficient (Wildman–Crippen LogP) is 2.94. The van der Waals surface area contributed by atoms with Crippen LogP contribution >= 0.6 is 11.6 Å². The number of nitrogen functional groups attached to an aromatic ring is 1. The van der Waals surface area contributed by atoms with Crippen molar-refractivity contribution in [1.29, 1.82) is 0 Å². The number of benzene rings is 1. The molecule has 0 spiro atoms. The van der Waals surface area contributed by atoms with Gasteiger partial charge in [0.1, 0.15) is 0 Å². The van der Waals surface area contributed by atoms with Crippen molar-refractivity contribution >= 4 is 17.3 Å². The molecule has 1 saturated carbocycles. The summed E-state index contributed by atoms with van der Waals surface area (Å²) in [5.41, 5.74) is 7.28. The molecular formula is C13H16ClN5. The molecular weight excluding hydrogens is 262 g/mol. The molecule has 6 heteroatoms. The molecule has 0 amide bonds. The summed E-state index contributed by atoms with van der Waals surface area (Å²) in [6.07, 6.45) is 3.78. The SMILES string of the molecule is CC(CC1CC1)n1nnnc1-c1ccc(Cl)c(N)c1. The molecule has 0 saturated heterocycles. The summed E-state index contributed by atoms with van der Waals surface area (Å²) in [7, 11) is 0. The van der Waals surface area contributed by atoms with Crippen molar-refractivity contribution in [3.63, 3.8) is 0 Å². The minimum atomic E-state index is 0.300.